The fourth-order valence-electron chi connectivity index (χ4n) is 1.81. The molecule has 0 fully saturated rings. The Kier molecular flexibility index (Phi) is 2.54. The number of H-pyrrole nitrogens is 2. The highest BCUT2D eigenvalue weighted by Crippen LogP contribution is 2.17. The minimum atomic E-state index is -0.377. The van der Waals surface area contributed by atoms with Crippen molar-refractivity contribution in [3.05, 3.63) is 55.0 Å². The SMILES string of the molecule is O=c1[nH]cnc2[nH]c(=O)n(-c3ccccc3I)c12. The van der Waals surface area contributed by atoms with Crippen molar-refractivity contribution < 1.29 is 0 Å². The first kappa shape index (κ1) is 11.2. The molecule has 18 heavy (non-hydrogen) atoms. The van der Waals surface area contributed by atoms with Gasteiger partial charge in [-0.2, -0.15) is 0 Å². The molecule has 1 aromatic carbocycles. The van der Waals surface area contributed by atoms with Crippen LogP contribution in [0.15, 0.2) is 40.2 Å². The number of halogens is 1. The Morgan fingerprint density at radius 1 is 1.22 bits per heavy atom. The van der Waals surface area contributed by atoms with Gasteiger partial charge in [0.25, 0.3) is 5.56 Å². The second-order valence-corrected chi connectivity index (χ2v) is 4.81. The lowest BCUT2D eigenvalue weighted by molar-refractivity contribution is 1.00. The summed E-state index contributed by atoms with van der Waals surface area (Å²) in [6, 6.07) is 7.33. The van der Waals surface area contributed by atoms with Gasteiger partial charge in [0, 0.05) is 3.57 Å². The minimum absolute atomic E-state index is 0.228. The summed E-state index contributed by atoms with van der Waals surface area (Å²) in [5, 5.41) is 0. The van der Waals surface area contributed by atoms with Crippen LogP contribution >= 0.6 is 22.6 Å². The Hall–Kier alpha value is -1.90. The van der Waals surface area contributed by atoms with Gasteiger partial charge in [0.1, 0.15) is 0 Å². The lowest BCUT2D eigenvalue weighted by Gasteiger charge is -2.04. The van der Waals surface area contributed by atoms with E-state index in [0.717, 1.165) is 3.57 Å². The molecule has 0 bridgehead atoms. The Morgan fingerprint density at radius 2 is 2.00 bits per heavy atom. The zero-order chi connectivity index (χ0) is 12.7. The third kappa shape index (κ3) is 1.58. The Bertz CT molecular complexity index is 846. The molecule has 6 nitrogen and oxygen atoms in total. The van der Waals surface area contributed by atoms with Crippen molar-refractivity contribution in [2.75, 3.05) is 0 Å². The quantitative estimate of drug-likeness (QED) is 0.640. The number of nitrogens with zero attached hydrogens (tertiary/aromatic N) is 2. The molecule has 0 unspecified atom stereocenters. The van der Waals surface area contributed by atoms with E-state index in [1.807, 2.05) is 18.2 Å². The van der Waals surface area contributed by atoms with Crippen molar-refractivity contribution in [1.82, 2.24) is 19.5 Å². The van der Waals surface area contributed by atoms with E-state index in [-0.39, 0.29) is 22.4 Å². The molecule has 2 N–H and O–H groups in total. The van der Waals surface area contributed by atoms with Crippen LogP contribution < -0.4 is 11.2 Å². The summed E-state index contributed by atoms with van der Waals surface area (Å²) in [4.78, 5) is 32.8. The van der Waals surface area contributed by atoms with Crippen molar-refractivity contribution in [3.63, 3.8) is 0 Å². The van der Waals surface area contributed by atoms with Crippen LogP contribution in [0.5, 0.6) is 0 Å². The van der Waals surface area contributed by atoms with Gasteiger partial charge >= 0.3 is 5.69 Å². The van der Waals surface area contributed by atoms with Gasteiger partial charge in [0.2, 0.25) is 0 Å². The number of rotatable bonds is 1. The highest BCUT2D eigenvalue weighted by atomic mass is 127. The molecule has 0 amide bonds. The fourth-order valence-corrected chi connectivity index (χ4v) is 2.44. The summed E-state index contributed by atoms with van der Waals surface area (Å²) in [6.07, 6.45) is 1.26. The second kappa shape index (κ2) is 4.09. The number of aromatic nitrogens is 4. The van der Waals surface area contributed by atoms with E-state index in [1.165, 1.54) is 10.9 Å². The van der Waals surface area contributed by atoms with E-state index in [1.54, 1.807) is 6.07 Å². The van der Waals surface area contributed by atoms with E-state index in [9.17, 15) is 9.59 Å². The monoisotopic (exact) mass is 354 g/mol. The number of aromatic amines is 2. The highest BCUT2D eigenvalue weighted by molar-refractivity contribution is 14.1. The van der Waals surface area contributed by atoms with E-state index in [2.05, 4.69) is 37.5 Å². The molecular formula is C11H7IN4O2. The molecule has 90 valence electrons. The van der Waals surface area contributed by atoms with Gasteiger partial charge in [-0.3, -0.25) is 14.3 Å². The first-order valence-electron chi connectivity index (χ1n) is 5.12. The van der Waals surface area contributed by atoms with Crippen LogP contribution in [-0.2, 0) is 0 Å². The maximum Gasteiger partial charge on any atom is 0.332 e. The minimum Gasteiger partial charge on any atom is -0.311 e. The summed E-state index contributed by atoms with van der Waals surface area (Å²) in [5.41, 5.74) is 0.444. The van der Waals surface area contributed by atoms with Gasteiger partial charge in [-0.25, -0.2) is 9.78 Å². The van der Waals surface area contributed by atoms with Crippen LogP contribution in [0.25, 0.3) is 16.9 Å². The third-order valence-electron chi connectivity index (χ3n) is 2.57. The van der Waals surface area contributed by atoms with Crippen LogP contribution in [-0.4, -0.2) is 19.5 Å². The molecular weight excluding hydrogens is 347 g/mol. The molecule has 2 aromatic heterocycles. The maximum absolute atomic E-state index is 12.0. The number of para-hydroxylation sites is 1. The van der Waals surface area contributed by atoms with Gasteiger partial charge in [-0.1, -0.05) is 12.1 Å². The molecule has 3 aromatic rings. The number of hydrogen-bond donors (Lipinski definition) is 2. The van der Waals surface area contributed by atoms with Gasteiger partial charge in [0.05, 0.1) is 12.0 Å². The number of nitrogens with one attached hydrogen (secondary N) is 2. The first-order chi connectivity index (χ1) is 8.68. The average Bonchev–Trinajstić information content (AvgIpc) is 2.68. The molecule has 0 aliphatic heterocycles. The Balaban J connectivity index is 2.51. The summed E-state index contributed by atoms with van der Waals surface area (Å²) < 4.78 is 2.21. The normalized spacial score (nSPS) is 10.9. The van der Waals surface area contributed by atoms with Gasteiger partial charge in [-0.05, 0) is 34.7 Å². The van der Waals surface area contributed by atoms with Gasteiger partial charge in [0.15, 0.2) is 11.2 Å². The zero-order valence-electron chi connectivity index (χ0n) is 8.98. The standard InChI is InChI=1S/C11H7IN4O2/c12-6-3-1-2-4-7(6)16-8-9(15-11(16)18)13-5-14-10(8)17/h1-5H,(H2,13,14,15,17,18). The van der Waals surface area contributed by atoms with E-state index < -0.39 is 0 Å². The molecule has 2 heterocycles. The summed E-state index contributed by atoms with van der Waals surface area (Å²) in [7, 11) is 0. The summed E-state index contributed by atoms with van der Waals surface area (Å²) in [6.45, 7) is 0. The van der Waals surface area contributed by atoms with Crippen molar-refractivity contribution in [2.24, 2.45) is 0 Å². The average molecular weight is 354 g/mol. The zero-order valence-corrected chi connectivity index (χ0v) is 11.1. The van der Waals surface area contributed by atoms with Crippen molar-refractivity contribution >= 4 is 33.8 Å². The molecule has 0 aliphatic carbocycles. The topological polar surface area (TPSA) is 83.5 Å². The molecule has 0 spiro atoms. The van der Waals surface area contributed by atoms with Crippen LogP contribution in [0.2, 0.25) is 0 Å². The molecule has 0 aliphatic rings. The van der Waals surface area contributed by atoms with E-state index in [0.29, 0.717) is 5.69 Å². The third-order valence-corrected chi connectivity index (χ3v) is 3.49. The largest absolute Gasteiger partial charge is 0.332 e. The van der Waals surface area contributed by atoms with Crippen molar-refractivity contribution in [3.8, 4) is 5.69 Å². The predicted octanol–water partition coefficient (Wildman–Crippen LogP) is 1.01. The molecule has 0 radical (unpaired) electrons. The molecule has 0 saturated heterocycles. The van der Waals surface area contributed by atoms with Crippen LogP contribution in [0.1, 0.15) is 0 Å². The van der Waals surface area contributed by atoms with Crippen LogP contribution in [0, 0.1) is 3.57 Å². The highest BCUT2D eigenvalue weighted by Gasteiger charge is 2.14. The number of hydrogen-bond acceptors (Lipinski definition) is 3. The van der Waals surface area contributed by atoms with E-state index >= 15 is 0 Å². The number of imidazole rings is 1. The molecule has 7 heteroatoms. The van der Waals surface area contributed by atoms with Crippen molar-refractivity contribution in [1.29, 1.82) is 0 Å². The Labute approximate surface area is 114 Å². The fraction of sp³-hybridized carbons (Fsp3) is 0. The lowest BCUT2D eigenvalue weighted by Crippen LogP contribution is -2.19. The molecule has 3 rings (SSSR count). The predicted molar refractivity (Wildman–Crippen MR) is 75.0 cm³/mol. The molecule has 0 atom stereocenters. The lowest BCUT2D eigenvalue weighted by atomic mass is 10.3. The second-order valence-electron chi connectivity index (χ2n) is 3.65. The maximum atomic E-state index is 12.0. The van der Waals surface area contributed by atoms with Crippen LogP contribution in [0.3, 0.4) is 0 Å². The number of fused-ring (bicyclic) bond motifs is 1. The van der Waals surface area contributed by atoms with Gasteiger partial charge < -0.3 is 4.98 Å². The van der Waals surface area contributed by atoms with E-state index in [4.69, 9.17) is 0 Å². The smallest absolute Gasteiger partial charge is 0.311 e. The van der Waals surface area contributed by atoms with Crippen molar-refractivity contribution in [2.45, 2.75) is 0 Å². The number of benzene rings is 1. The summed E-state index contributed by atoms with van der Waals surface area (Å²) >= 11 is 2.12. The molecule has 0 saturated carbocycles. The summed E-state index contributed by atoms with van der Waals surface area (Å²) in [5.74, 6) is 0. The van der Waals surface area contributed by atoms with Crippen LogP contribution in [0.4, 0.5) is 0 Å². The first-order valence-corrected chi connectivity index (χ1v) is 6.19. The Morgan fingerprint density at radius 3 is 2.78 bits per heavy atom. The van der Waals surface area contributed by atoms with Gasteiger partial charge in [-0.15, -0.1) is 0 Å².